The topological polar surface area (TPSA) is 69.7 Å². The summed E-state index contributed by atoms with van der Waals surface area (Å²) in [4.78, 5) is 16.9. The first-order valence-corrected chi connectivity index (χ1v) is 11.3. The minimum Gasteiger partial charge on any atom is -0.368 e. The molecule has 0 atom stereocenters. The summed E-state index contributed by atoms with van der Waals surface area (Å²) >= 11 is 6.13. The largest absolute Gasteiger partial charge is 0.368 e. The van der Waals surface area contributed by atoms with Crippen molar-refractivity contribution in [2.24, 2.45) is 0 Å². The van der Waals surface area contributed by atoms with Crippen LogP contribution in [0.5, 0.6) is 0 Å². The fourth-order valence-corrected chi connectivity index (χ4v) is 4.11. The highest BCUT2D eigenvalue weighted by molar-refractivity contribution is 7.92. The zero-order chi connectivity index (χ0) is 20.5. The monoisotopic (exact) mass is 421 g/mol. The summed E-state index contributed by atoms with van der Waals surface area (Å²) in [5.41, 5.74) is 3.92. The highest BCUT2D eigenvalue weighted by atomic mass is 35.5. The Kier molecular flexibility index (Phi) is 5.86. The van der Waals surface area contributed by atoms with Crippen molar-refractivity contribution >= 4 is 38.9 Å². The average molecular weight is 422 g/mol. The summed E-state index contributed by atoms with van der Waals surface area (Å²) < 4.78 is 25.5. The van der Waals surface area contributed by atoms with Gasteiger partial charge in [-0.25, -0.2) is 8.42 Å². The maximum Gasteiger partial charge on any atom is 0.254 e. The predicted molar refractivity (Wildman–Crippen MR) is 114 cm³/mol. The number of anilines is 2. The Morgan fingerprint density at radius 2 is 1.64 bits per heavy atom. The molecule has 0 aromatic heterocycles. The number of halogens is 1. The minimum atomic E-state index is -3.40. The average Bonchev–Trinajstić information content (AvgIpc) is 2.64. The second kappa shape index (κ2) is 8.01. The van der Waals surface area contributed by atoms with Gasteiger partial charge in [-0.3, -0.25) is 9.52 Å². The number of nitrogens with one attached hydrogen (secondary N) is 1. The van der Waals surface area contributed by atoms with E-state index in [4.69, 9.17) is 11.6 Å². The predicted octanol–water partition coefficient (Wildman–Crippen LogP) is 3.29. The molecule has 2 aromatic carbocycles. The van der Waals surface area contributed by atoms with Crippen LogP contribution in [0.3, 0.4) is 0 Å². The second-order valence-corrected chi connectivity index (χ2v) is 9.30. The van der Waals surface area contributed by atoms with Crippen LogP contribution in [0.1, 0.15) is 21.5 Å². The van der Waals surface area contributed by atoms with E-state index in [1.165, 1.54) is 0 Å². The molecule has 0 bridgehead atoms. The van der Waals surface area contributed by atoms with Crippen LogP contribution in [0.15, 0.2) is 36.4 Å². The zero-order valence-corrected chi connectivity index (χ0v) is 17.8. The van der Waals surface area contributed by atoms with Gasteiger partial charge in [-0.15, -0.1) is 0 Å². The van der Waals surface area contributed by atoms with Crippen LogP contribution < -0.4 is 9.62 Å². The highest BCUT2D eigenvalue weighted by Gasteiger charge is 2.23. The number of aryl methyl sites for hydroxylation is 2. The summed E-state index contributed by atoms with van der Waals surface area (Å²) in [6, 6.07) is 10.9. The quantitative estimate of drug-likeness (QED) is 0.822. The molecule has 1 aliphatic rings. The van der Waals surface area contributed by atoms with Gasteiger partial charge in [0.15, 0.2) is 0 Å². The van der Waals surface area contributed by atoms with Gasteiger partial charge in [-0.2, -0.15) is 0 Å². The SMILES string of the molecule is Cc1ccc(C(=O)N2CCN(c3cc(Cl)ccc3C)CC2)cc1NS(C)(=O)=O. The zero-order valence-electron chi connectivity index (χ0n) is 16.2. The highest BCUT2D eigenvalue weighted by Crippen LogP contribution is 2.26. The molecule has 1 saturated heterocycles. The molecule has 2 aromatic rings. The maximum atomic E-state index is 12.9. The van der Waals surface area contributed by atoms with Crippen LogP contribution in [-0.2, 0) is 10.0 Å². The Labute approximate surface area is 171 Å². The molecule has 1 heterocycles. The molecule has 1 fully saturated rings. The molecule has 0 saturated carbocycles. The lowest BCUT2D eigenvalue weighted by Gasteiger charge is -2.37. The van der Waals surface area contributed by atoms with E-state index in [1.54, 1.807) is 30.0 Å². The molecule has 0 spiro atoms. The first-order chi connectivity index (χ1) is 13.1. The third-order valence-corrected chi connectivity index (χ3v) is 5.68. The fraction of sp³-hybridized carbons (Fsp3) is 0.350. The summed E-state index contributed by atoms with van der Waals surface area (Å²) in [5.74, 6) is -0.0981. The number of hydrogen-bond donors (Lipinski definition) is 1. The van der Waals surface area contributed by atoms with Gasteiger partial charge in [0.25, 0.3) is 5.91 Å². The number of benzene rings is 2. The molecule has 0 unspecified atom stereocenters. The lowest BCUT2D eigenvalue weighted by atomic mass is 10.1. The van der Waals surface area contributed by atoms with Gasteiger partial charge in [0.05, 0.1) is 11.9 Å². The summed E-state index contributed by atoms with van der Waals surface area (Å²) in [6.45, 7) is 6.46. The van der Waals surface area contributed by atoms with Crippen molar-refractivity contribution < 1.29 is 13.2 Å². The number of carbonyl (C=O) groups is 1. The minimum absolute atomic E-state index is 0.0981. The Morgan fingerprint density at radius 3 is 2.29 bits per heavy atom. The molecule has 28 heavy (non-hydrogen) atoms. The third kappa shape index (κ3) is 4.77. The number of rotatable bonds is 4. The molecule has 3 rings (SSSR count). The molecule has 0 aliphatic carbocycles. The summed E-state index contributed by atoms with van der Waals surface area (Å²) in [7, 11) is -3.40. The lowest BCUT2D eigenvalue weighted by Crippen LogP contribution is -2.49. The van der Waals surface area contributed by atoms with E-state index in [0.29, 0.717) is 42.5 Å². The van der Waals surface area contributed by atoms with Gasteiger partial charge in [0.1, 0.15) is 0 Å². The van der Waals surface area contributed by atoms with Crippen molar-refractivity contribution in [3.8, 4) is 0 Å². The number of sulfonamides is 1. The first-order valence-electron chi connectivity index (χ1n) is 9.03. The van der Waals surface area contributed by atoms with E-state index in [9.17, 15) is 13.2 Å². The molecule has 1 aliphatic heterocycles. The molecule has 6 nitrogen and oxygen atoms in total. The van der Waals surface area contributed by atoms with Crippen molar-refractivity contribution in [3.05, 3.63) is 58.1 Å². The first kappa shape index (κ1) is 20.5. The maximum absolute atomic E-state index is 12.9. The van der Waals surface area contributed by atoms with Crippen LogP contribution >= 0.6 is 11.6 Å². The Morgan fingerprint density at radius 1 is 1.00 bits per heavy atom. The molecule has 150 valence electrons. The summed E-state index contributed by atoms with van der Waals surface area (Å²) in [6.07, 6.45) is 1.10. The van der Waals surface area contributed by atoms with Gasteiger partial charge in [-0.05, 0) is 49.2 Å². The van der Waals surface area contributed by atoms with Crippen LogP contribution in [0.25, 0.3) is 0 Å². The summed E-state index contributed by atoms with van der Waals surface area (Å²) in [5, 5.41) is 0.699. The van der Waals surface area contributed by atoms with Crippen molar-refractivity contribution in [3.63, 3.8) is 0 Å². The Hall–Kier alpha value is -2.25. The number of carbonyl (C=O) groups excluding carboxylic acids is 1. The van der Waals surface area contributed by atoms with Crippen LogP contribution in [0, 0.1) is 13.8 Å². The molecular formula is C20H24ClN3O3S. The van der Waals surface area contributed by atoms with E-state index < -0.39 is 10.0 Å². The van der Waals surface area contributed by atoms with E-state index in [1.807, 2.05) is 25.1 Å². The lowest BCUT2D eigenvalue weighted by molar-refractivity contribution is 0.0747. The van der Waals surface area contributed by atoms with E-state index in [0.717, 1.165) is 23.1 Å². The molecule has 1 amide bonds. The van der Waals surface area contributed by atoms with Crippen LogP contribution in [-0.4, -0.2) is 51.7 Å². The van der Waals surface area contributed by atoms with Gasteiger partial charge in [0, 0.05) is 42.5 Å². The van der Waals surface area contributed by atoms with Crippen LogP contribution in [0.4, 0.5) is 11.4 Å². The smallest absolute Gasteiger partial charge is 0.254 e. The molecule has 0 radical (unpaired) electrons. The third-order valence-electron chi connectivity index (χ3n) is 4.86. The number of piperazine rings is 1. The number of hydrogen-bond acceptors (Lipinski definition) is 4. The van der Waals surface area contributed by atoms with Gasteiger partial charge in [0.2, 0.25) is 10.0 Å². The molecule has 8 heteroatoms. The van der Waals surface area contributed by atoms with E-state index in [-0.39, 0.29) is 5.91 Å². The Balaban J connectivity index is 1.72. The van der Waals surface area contributed by atoms with Gasteiger partial charge >= 0.3 is 0 Å². The molecular weight excluding hydrogens is 398 g/mol. The molecule has 1 N–H and O–H groups in total. The standard InChI is InChI=1S/C20H24ClN3O3S/c1-14-4-6-16(12-18(14)22-28(3,26)27)20(25)24-10-8-23(9-11-24)19-13-17(21)7-5-15(19)2/h4-7,12-13,22H,8-11H2,1-3H3. The normalized spacial score (nSPS) is 14.9. The number of nitrogens with zero attached hydrogens (tertiary/aromatic N) is 2. The van der Waals surface area contributed by atoms with Crippen molar-refractivity contribution in [2.75, 3.05) is 42.1 Å². The van der Waals surface area contributed by atoms with Crippen molar-refractivity contribution in [1.29, 1.82) is 0 Å². The van der Waals surface area contributed by atoms with Gasteiger partial charge < -0.3 is 9.80 Å². The van der Waals surface area contributed by atoms with Crippen molar-refractivity contribution in [1.82, 2.24) is 4.90 Å². The van der Waals surface area contributed by atoms with Gasteiger partial charge in [-0.1, -0.05) is 23.7 Å². The van der Waals surface area contributed by atoms with E-state index in [2.05, 4.69) is 9.62 Å². The second-order valence-electron chi connectivity index (χ2n) is 7.11. The van der Waals surface area contributed by atoms with Crippen molar-refractivity contribution in [2.45, 2.75) is 13.8 Å². The number of amides is 1. The van der Waals surface area contributed by atoms with E-state index >= 15 is 0 Å². The Bertz CT molecular complexity index is 1000. The van der Waals surface area contributed by atoms with Crippen LogP contribution in [0.2, 0.25) is 5.02 Å². The fourth-order valence-electron chi connectivity index (χ4n) is 3.32.